The molecule has 0 unspecified atom stereocenters. The lowest BCUT2D eigenvalue weighted by molar-refractivity contribution is 0.459. The summed E-state index contributed by atoms with van der Waals surface area (Å²) in [5, 5.41) is 12.7. The number of hydrogen-bond donors (Lipinski definition) is 2. The fourth-order valence-corrected chi connectivity index (χ4v) is 1.71. The minimum Gasteiger partial charge on any atom is -0.506 e. The standard InChI is InChI=1S/C14H15FN2O/c1-10-5-6-14(18)13(17-10)9-16-8-11-3-2-4-12(15)7-11/h2-7,16,18H,8-9H2,1H3. The first-order chi connectivity index (χ1) is 8.65. The van der Waals surface area contributed by atoms with Crippen molar-refractivity contribution in [3.63, 3.8) is 0 Å². The van der Waals surface area contributed by atoms with Crippen molar-refractivity contribution >= 4 is 0 Å². The van der Waals surface area contributed by atoms with Crippen LogP contribution in [0.25, 0.3) is 0 Å². The van der Waals surface area contributed by atoms with Crippen LogP contribution < -0.4 is 5.32 Å². The van der Waals surface area contributed by atoms with Crippen LogP contribution in [0.4, 0.5) is 4.39 Å². The zero-order valence-electron chi connectivity index (χ0n) is 10.2. The van der Waals surface area contributed by atoms with Crippen LogP contribution >= 0.6 is 0 Å². The Bertz CT molecular complexity index is 543. The van der Waals surface area contributed by atoms with Crippen LogP contribution in [-0.2, 0) is 13.1 Å². The third-order valence-corrected chi connectivity index (χ3v) is 2.60. The smallest absolute Gasteiger partial charge is 0.138 e. The third-order valence-electron chi connectivity index (χ3n) is 2.60. The molecule has 3 nitrogen and oxygen atoms in total. The molecule has 2 N–H and O–H groups in total. The number of benzene rings is 1. The Morgan fingerprint density at radius 1 is 1.22 bits per heavy atom. The number of aromatic nitrogens is 1. The molecule has 0 spiro atoms. The predicted molar refractivity (Wildman–Crippen MR) is 67.6 cm³/mol. The van der Waals surface area contributed by atoms with Crippen molar-refractivity contribution in [2.24, 2.45) is 0 Å². The van der Waals surface area contributed by atoms with Crippen LogP contribution in [0.15, 0.2) is 36.4 Å². The van der Waals surface area contributed by atoms with E-state index < -0.39 is 0 Å². The van der Waals surface area contributed by atoms with Gasteiger partial charge in [-0.25, -0.2) is 4.39 Å². The molecule has 0 aliphatic carbocycles. The second-order valence-corrected chi connectivity index (χ2v) is 4.15. The number of aromatic hydroxyl groups is 1. The molecule has 4 heteroatoms. The van der Waals surface area contributed by atoms with E-state index in [1.807, 2.05) is 13.0 Å². The van der Waals surface area contributed by atoms with Crippen molar-refractivity contribution in [2.45, 2.75) is 20.0 Å². The summed E-state index contributed by atoms with van der Waals surface area (Å²) in [6, 6.07) is 9.80. The highest BCUT2D eigenvalue weighted by Gasteiger charge is 2.03. The quantitative estimate of drug-likeness (QED) is 0.871. The predicted octanol–water partition coefficient (Wildman–Crippen LogP) is 2.52. The summed E-state index contributed by atoms with van der Waals surface area (Å²) in [5.74, 6) is -0.0711. The van der Waals surface area contributed by atoms with Crippen molar-refractivity contribution < 1.29 is 9.50 Å². The molecule has 1 aromatic heterocycles. The molecule has 1 aromatic carbocycles. The van der Waals surface area contributed by atoms with Gasteiger partial charge in [-0.05, 0) is 36.8 Å². The molecule has 2 aromatic rings. The number of nitrogens with one attached hydrogen (secondary N) is 1. The Kier molecular flexibility index (Phi) is 3.89. The molecule has 0 radical (unpaired) electrons. The van der Waals surface area contributed by atoms with Crippen molar-refractivity contribution in [1.82, 2.24) is 10.3 Å². The molecule has 0 amide bonds. The van der Waals surface area contributed by atoms with Gasteiger partial charge in [0, 0.05) is 18.8 Å². The maximum atomic E-state index is 13.0. The monoisotopic (exact) mass is 246 g/mol. The van der Waals surface area contributed by atoms with Crippen LogP contribution in [0.3, 0.4) is 0 Å². The van der Waals surface area contributed by atoms with Crippen LogP contribution in [0.2, 0.25) is 0 Å². The van der Waals surface area contributed by atoms with E-state index in [4.69, 9.17) is 0 Å². The number of pyridine rings is 1. The third kappa shape index (κ3) is 3.28. The highest BCUT2D eigenvalue weighted by Crippen LogP contribution is 2.14. The summed E-state index contributed by atoms with van der Waals surface area (Å²) in [5.41, 5.74) is 2.32. The van der Waals surface area contributed by atoms with Gasteiger partial charge in [0.2, 0.25) is 0 Å². The minimum atomic E-state index is -0.245. The van der Waals surface area contributed by atoms with Gasteiger partial charge in [0.1, 0.15) is 11.6 Å². The fraction of sp³-hybridized carbons (Fsp3) is 0.214. The van der Waals surface area contributed by atoms with E-state index in [1.54, 1.807) is 18.2 Å². The molecule has 0 aliphatic rings. The van der Waals surface area contributed by atoms with Crippen LogP contribution in [0.1, 0.15) is 17.0 Å². The maximum absolute atomic E-state index is 13.0. The second-order valence-electron chi connectivity index (χ2n) is 4.15. The largest absolute Gasteiger partial charge is 0.506 e. The first-order valence-electron chi connectivity index (χ1n) is 5.76. The summed E-state index contributed by atoms with van der Waals surface area (Å²) < 4.78 is 13.0. The summed E-state index contributed by atoms with van der Waals surface area (Å²) in [6.45, 7) is 2.85. The van der Waals surface area contributed by atoms with E-state index in [1.165, 1.54) is 12.1 Å². The highest BCUT2D eigenvalue weighted by molar-refractivity contribution is 5.27. The molecule has 18 heavy (non-hydrogen) atoms. The van der Waals surface area contributed by atoms with E-state index in [2.05, 4.69) is 10.3 Å². The summed E-state index contributed by atoms with van der Waals surface area (Å²) in [7, 11) is 0. The molecule has 0 atom stereocenters. The molecular formula is C14H15FN2O. The number of rotatable bonds is 4. The molecule has 0 saturated heterocycles. The van der Waals surface area contributed by atoms with Gasteiger partial charge in [-0.1, -0.05) is 12.1 Å². The highest BCUT2D eigenvalue weighted by atomic mass is 19.1. The first kappa shape index (κ1) is 12.5. The number of aryl methyl sites for hydroxylation is 1. The van der Waals surface area contributed by atoms with E-state index in [9.17, 15) is 9.50 Å². The summed E-state index contributed by atoms with van der Waals surface area (Å²) in [6.07, 6.45) is 0. The van der Waals surface area contributed by atoms with Crippen LogP contribution in [-0.4, -0.2) is 10.1 Å². The van der Waals surface area contributed by atoms with Gasteiger partial charge in [0.25, 0.3) is 0 Å². The van der Waals surface area contributed by atoms with Gasteiger partial charge in [0.05, 0.1) is 5.69 Å². The zero-order valence-corrected chi connectivity index (χ0v) is 10.2. The van der Waals surface area contributed by atoms with Gasteiger partial charge in [-0.3, -0.25) is 4.98 Å². The van der Waals surface area contributed by atoms with Crippen molar-refractivity contribution in [3.8, 4) is 5.75 Å². The molecule has 0 aliphatic heterocycles. The summed E-state index contributed by atoms with van der Waals surface area (Å²) >= 11 is 0. The lowest BCUT2D eigenvalue weighted by atomic mass is 10.2. The Morgan fingerprint density at radius 3 is 2.83 bits per heavy atom. The molecular weight excluding hydrogens is 231 g/mol. The van der Waals surface area contributed by atoms with Crippen LogP contribution in [0, 0.1) is 12.7 Å². The number of nitrogens with zero attached hydrogens (tertiary/aromatic N) is 1. The Morgan fingerprint density at radius 2 is 2.06 bits per heavy atom. The molecule has 0 bridgehead atoms. The summed E-state index contributed by atoms with van der Waals surface area (Å²) in [4.78, 5) is 4.23. The van der Waals surface area contributed by atoms with Gasteiger partial charge < -0.3 is 10.4 Å². The van der Waals surface area contributed by atoms with E-state index in [0.29, 0.717) is 18.8 Å². The van der Waals surface area contributed by atoms with Gasteiger partial charge in [-0.15, -0.1) is 0 Å². The van der Waals surface area contributed by atoms with Gasteiger partial charge >= 0.3 is 0 Å². The average Bonchev–Trinajstić information content (AvgIpc) is 2.34. The molecule has 0 fully saturated rings. The van der Waals surface area contributed by atoms with Crippen molar-refractivity contribution in [1.29, 1.82) is 0 Å². The SMILES string of the molecule is Cc1ccc(O)c(CNCc2cccc(F)c2)n1. The van der Waals surface area contributed by atoms with Crippen molar-refractivity contribution in [2.75, 3.05) is 0 Å². The first-order valence-corrected chi connectivity index (χ1v) is 5.76. The Balaban J connectivity index is 1.94. The van der Waals surface area contributed by atoms with Crippen molar-refractivity contribution in [3.05, 3.63) is 59.2 Å². The Hall–Kier alpha value is -1.94. The molecule has 0 saturated carbocycles. The fourth-order valence-electron chi connectivity index (χ4n) is 1.71. The maximum Gasteiger partial charge on any atom is 0.138 e. The Labute approximate surface area is 105 Å². The van der Waals surface area contributed by atoms with Gasteiger partial charge in [-0.2, -0.15) is 0 Å². The van der Waals surface area contributed by atoms with Gasteiger partial charge in [0.15, 0.2) is 0 Å². The zero-order chi connectivity index (χ0) is 13.0. The minimum absolute atomic E-state index is 0.173. The van der Waals surface area contributed by atoms with E-state index in [0.717, 1.165) is 11.3 Å². The topological polar surface area (TPSA) is 45.1 Å². The number of hydrogen-bond acceptors (Lipinski definition) is 3. The number of halogens is 1. The van der Waals surface area contributed by atoms with E-state index in [-0.39, 0.29) is 11.6 Å². The van der Waals surface area contributed by atoms with E-state index >= 15 is 0 Å². The average molecular weight is 246 g/mol. The van der Waals surface area contributed by atoms with Crippen LogP contribution in [0.5, 0.6) is 5.75 Å². The molecule has 1 heterocycles. The molecule has 94 valence electrons. The lowest BCUT2D eigenvalue weighted by Gasteiger charge is -2.07. The normalized spacial score (nSPS) is 10.6. The molecule has 2 rings (SSSR count). The lowest BCUT2D eigenvalue weighted by Crippen LogP contribution is -2.14. The second kappa shape index (κ2) is 5.60.